The summed E-state index contributed by atoms with van der Waals surface area (Å²) in [5.74, 6) is -0.148. The predicted molar refractivity (Wildman–Crippen MR) is 118 cm³/mol. The number of likely N-dealkylation sites (tertiary alicyclic amines) is 2. The maximum absolute atomic E-state index is 12.8. The fourth-order valence-electron chi connectivity index (χ4n) is 4.17. The number of carbonyl (C=O) groups excluding carboxylic acids is 2. The number of fused-ring (bicyclic) bond motifs is 1. The van der Waals surface area contributed by atoms with E-state index in [1.54, 1.807) is 51.8 Å². The lowest BCUT2D eigenvalue weighted by atomic mass is 10.1. The minimum Gasteiger partial charge on any atom is -0.342 e. The zero-order valence-electron chi connectivity index (χ0n) is 17.2. The molecule has 0 spiro atoms. The Kier molecular flexibility index (Phi) is 5.46. The van der Waals surface area contributed by atoms with E-state index in [0.717, 1.165) is 17.5 Å². The van der Waals surface area contributed by atoms with Gasteiger partial charge in [0.25, 0.3) is 18.2 Å². The molecule has 7 nitrogen and oxygen atoms in total. The fourth-order valence-corrected chi connectivity index (χ4v) is 4.77. The van der Waals surface area contributed by atoms with Crippen molar-refractivity contribution < 1.29 is 18.4 Å². The van der Waals surface area contributed by atoms with Gasteiger partial charge in [0.1, 0.15) is 0 Å². The van der Waals surface area contributed by atoms with Crippen molar-refractivity contribution in [3.05, 3.63) is 52.6 Å². The second-order valence-corrected chi connectivity index (χ2v) is 8.90. The standard InChI is InChI=1S/C22H21F2N5O2S/c23-19(24)13-27-6-3-14-9-15(1-2-18(14)27)21(30)29-11-17(12-29)26-16-4-7-28(10-16)22(31)20-25-5-8-32-20/h1-3,5-6,8-9,17,19H,4,7,10-13H2. The van der Waals surface area contributed by atoms with Crippen LogP contribution >= 0.6 is 11.3 Å². The van der Waals surface area contributed by atoms with Crippen LogP contribution in [0.5, 0.6) is 0 Å². The van der Waals surface area contributed by atoms with Crippen LogP contribution in [0.2, 0.25) is 0 Å². The quantitative estimate of drug-likeness (QED) is 0.591. The smallest absolute Gasteiger partial charge is 0.283 e. The molecule has 10 heteroatoms. The summed E-state index contributed by atoms with van der Waals surface area (Å²) in [4.78, 5) is 37.5. The maximum Gasteiger partial charge on any atom is 0.283 e. The van der Waals surface area contributed by atoms with Gasteiger partial charge in [-0.15, -0.1) is 11.3 Å². The van der Waals surface area contributed by atoms with Crippen molar-refractivity contribution in [2.75, 3.05) is 26.2 Å². The van der Waals surface area contributed by atoms with Crippen LogP contribution in [0.25, 0.3) is 10.9 Å². The van der Waals surface area contributed by atoms with Crippen LogP contribution in [0, 0.1) is 0 Å². The first-order chi connectivity index (χ1) is 15.5. The van der Waals surface area contributed by atoms with E-state index in [1.165, 1.54) is 15.9 Å². The highest BCUT2D eigenvalue weighted by molar-refractivity contribution is 7.11. The monoisotopic (exact) mass is 457 g/mol. The summed E-state index contributed by atoms with van der Waals surface area (Å²) < 4.78 is 26.9. The topological polar surface area (TPSA) is 70.8 Å². The highest BCUT2D eigenvalue weighted by atomic mass is 32.1. The number of aromatic nitrogens is 2. The Morgan fingerprint density at radius 3 is 2.78 bits per heavy atom. The number of alkyl halides is 2. The Morgan fingerprint density at radius 1 is 1.19 bits per heavy atom. The number of thiazole rings is 1. The summed E-state index contributed by atoms with van der Waals surface area (Å²) in [6.07, 6.45) is 1.56. The largest absolute Gasteiger partial charge is 0.342 e. The van der Waals surface area contributed by atoms with E-state index in [0.29, 0.717) is 42.3 Å². The van der Waals surface area contributed by atoms with Gasteiger partial charge in [-0.05, 0) is 24.3 Å². The molecule has 166 valence electrons. The van der Waals surface area contributed by atoms with Crippen LogP contribution in [0.3, 0.4) is 0 Å². The van der Waals surface area contributed by atoms with Crippen molar-refractivity contribution in [2.24, 2.45) is 4.99 Å². The van der Waals surface area contributed by atoms with Gasteiger partial charge in [-0.25, -0.2) is 13.8 Å². The van der Waals surface area contributed by atoms with Crippen LogP contribution in [0.15, 0.2) is 47.0 Å². The fraction of sp³-hybridized carbons (Fsp3) is 0.364. The van der Waals surface area contributed by atoms with Gasteiger partial charge in [0.05, 0.1) is 19.1 Å². The van der Waals surface area contributed by atoms with E-state index in [4.69, 9.17) is 4.99 Å². The Balaban J connectivity index is 1.18. The number of rotatable bonds is 5. The third-order valence-corrected chi connectivity index (χ3v) is 6.57. The lowest BCUT2D eigenvalue weighted by Gasteiger charge is -2.37. The molecule has 0 saturated carbocycles. The first kappa shape index (κ1) is 20.7. The van der Waals surface area contributed by atoms with Gasteiger partial charge in [-0.2, -0.15) is 0 Å². The number of hydrogen-bond acceptors (Lipinski definition) is 5. The van der Waals surface area contributed by atoms with Crippen molar-refractivity contribution in [3.63, 3.8) is 0 Å². The van der Waals surface area contributed by atoms with Crippen molar-refractivity contribution >= 4 is 39.8 Å². The van der Waals surface area contributed by atoms with E-state index in [-0.39, 0.29) is 24.4 Å². The second kappa shape index (κ2) is 8.42. The molecule has 0 N–H and O–H groups in total. The Labute approximate surface area is 187 Å². The number of halogens is 2. The number of carbonyl (C=O) groups is 2. The van der Waals surface area contributed by atoms with Crippen molar-refractivity contribution in [1.82, 2.24) is 19.4 Å². The molecule has 2 aromatic heterocycles. The third-order valence-electron chi connectivity index (χ3n) is 5.81. The molecule has 2 aliphatic rings. The van der Waals surface area contributed by atoms with Crippen LogP contribution in [0.1, 0.15) is 26.6 Å². The van der Waals surface area contributed by atoms with Crippen LogP contribution in [-0.4, -0.2) is 75.5 Å². The molecule has 2 amide bonds. The normalized spacial score (nSPS) is 18.2. The Morgan fingerprint density at radius 2 is 2.03 bits per heavy atom. The average Bonchev–Trinajstić information content (AvgIpc) is 3.50. The van der Waals surface area contributed by atoms with Crippen molar-refractivity contribution in [2.45, 2.75) is 25.4 Å². The van der Waals surface area contributed by atoms with E-state index < -0.39 is 6.43 Å². The second-order valence-electron chi connectivity index (χ2n) is 8.01. The SMILES string of the molecule is O=C(c1ccc2c(ccn2CC(F)F)c1)N1CC(N=C2CCN(C(=O)c3nccs3)C2)C1. The van der Waals surface area contributed by atoms with E-state index in [2.05, 4.69) is 4.98 Å². The molecule has 0 bridgehead atoms. The van der Waals surface area contributed by atoms with Crippen LogP contribution in [0.4, 0.5) is 8.78 Å². The molecule has 2 aliphatic heterocycles. The van der Waals surface area contributed by atoms with Gasteiger partial charge in [-0.3, -0.25) is 14.6 Å². The van der Waals surface area contributed by atoms with Gasteiger partial charge >= 0.3 is 0 Å². The van der Waals surface area contributed by atoms with E-state index in [1.807, 2.05) is 0 Å². The van der Waals surface area contributed by atoms with Crippen molar-refractivity contribution in [3.8, 4) is 0 Å². The predicted octanol–water partition coefficient (Wildman–Crippen LogP) is 3.17. The zero-order valence-corrected chi connectivity index (χ0v) is 18.0. The molecule has 4 heterocycles. The summed E-state index contributed by atoms with van der Waals surface area (Å²) >= 11 is 1.33. The molecule has 1 aromatic carbocycles. The molecule has 0 unspecified atom stereocenters. The summed E-state index contributed by atoms with van der Waals surface area (Å²) in [5.41, 5.74) is 2.21. The molecular weight excluding hydrogens is 436 g/mol. The van der Waals surface area contributed by atoms with Gasteiger partial charge < -0.3 is 14.4 Å². The first-order valence-corrected chi connectivity index (χ1v) is 11.3. The number of aliphatic imine (C=N–C) groups is 1. The zero-order chi connectivity index (χ0) is 22.2. The average molecular weight is 458 g/mol. The summed E-state index contributed by atoms with van der Waals surface area (Å²) in [6.45, 7) is 1.85. The third kappa shape index (κ3) is 4.02. The Bertz CT molecular complexity index is 1180. The molecule has 5 rings (SSSR count). The molecular formula is C22H21F2N5O2S. The lowest BCUT2D eigenvalue weighted by molar-refractivity contribution is 0.0610. The highest BCUT2D eigenvalue weighted by Gasteiger charge is 2.33. The molecule has 0 atom stereocenters. The van der Waals surface area contributed by atoms with E-state index >= 15 is 0 Å². The van der Waals surface area contributed by atoms with Gasteiger partial charge in [0.15, 0.2) is 5.01 Å². The van der Waals surface area contributed by atoms with Crippen molar-refractivity contribution in [1.29, 1.82) is 0 Å². The molecule has 2 saturated heterocycles. The van der Waals surface area contributed by atoms with Crippen LogP contribution in [-0.2, 0) is 6.54 Å². The van der Waals surface area contributed by atoms with Crippen LogP contribution < -0.4 is 0 Å². The molecule has 3 aromatic rings. The van der Waals surface area contributed by atoms with Gasteiger partial charge in [0, 0.05) is 66.0 Å². The molecule has 0 aliphatic carbocycles. The summed E-state index contributed by atoms with van der Waals surface area (Å²) in [5, 5.41) is 3.05. The summed E-state index contributed by atoms with van der Waals surface area (Å²) in [7, 11) is 0. The van der Waals surface area contributed by atoms with Gasteiger partial charge in [0.2, 0.25) is 0 Å². The van der Waals surface area contributed by atoms with Gasteiger partial charge in [-0.1, -0.05) is 0 Å². The maximum atomic E-state index is 12.8. The Hall–Kier alpha value is -3.14. The number of amides is 2. The molecule has 32 heavy (non-hydrogen) atoms. The molecule has 0 radical (unpaired) electrons. The minimum absolute atomic E-state index is 0.0414. The molecule has 2 fully saturated rings. The lowest BCUT2D eigenvalue weighted by Crippen LogP contribution is -2.53. The van der Waals surface area contributed by atoms with E-state index in [9.17, 15) is 18.4 Å². The number of benzene rings is 1. The highest BCUT2D eigenvalue weighted by Crippen LogP contribution is 2.23. The first-order valence-electron chi connectivity index (χ1n) is 10.4. The number of nitrogens with zero attached hydrogens (tertiary/aromatic N) is 5. The minimum atomic E-state index is -2.43. The summed E-state index contributed by atoms with van der Waals surface area (Å²) in [6, 6.07) is 6.94. The number of hydrogen-bond donors (Lipinski definition) is 0.